The second-order valence-corrected chi connectivity index (χ2v) is 4.36. The maximum absolute atomic E-state index is 11.2. The van der Waals surface area contributed by atoms with E-state index < -0.39 is 0 Å². The fraction of sp³-hybridized carbons (Fsp3) is 0.222. The molecular formula is C9H10ClIN2O. The van der Waals surface area contributed by atoms with E-state index >= 15 is 0 Å². The first-order chi connectivity index (χ1) is 6.63. The fourth-order valence-electron chi connectivity index (χ4n) is 0.935. The monoisotopic (exact) mass is 324 g/mol. The van der Waals surface area contributed by atoms with Gasteiger partial charge in [-0.1, -0.05) is 11.6 Å². The minimum absolute atomic E-state index is 0.115. The molecule has 1 aromatic rings. The summed E-state index contributed by atoms with van der Waals surface area (Å²) in [6, 6.07) is 5.45. The van der Waals surface area contributed by atoms with Crippen molar-refractivity contribution in [1.29, 1.82) is 0 Å². The number of carbonyl (C=O) groups is 1. The summed E-state index contributed by atoms with van der Waals surface area (Å²) >= 11 is 8.08. The highest BCUT2D eigenvalue weighted by Crippen LogP contribution is 2.23. The van der Waals surface area contributed by atoms with Crippen LogP contribution in [0.2, 0.25) is 5.02 Å². The van der Waals surface area contributed by atoms with Gasteiger partial charge in [0.1, 0.15) is 0 Å². The van der Waals surface area contributed by atoms with Crippen LogP contribution in [0.1, 0.15) is 6.42 Å². The molecule has 0 aliphatic rings. The third-order valence-electron chi connectivity index (χ3n) is 1.58. The van der Waals surface area contributed by atoms with Gasteiger partial charge in [0.15, 0.2) is 0 Å². The summed E-state index contributed by atoms with van der Waals surface area (Å²) in [6.45, 7) is 0.341. The third-order valence-corrected chi connectivity index (χ3v) is 2.56. The highest BCUT2D eigenvalue weighted by molar-refractivity contribution is 14.1. The van der Waals surface area contributed by atoms with Crippen molar-refractivity contribution < 1.29 is 4.79 Å². The van der Waals surface area contributed by atoms with Crippen molar-refractivity contribution >= 4 is 45.8 Å². The van der Waals surface area contributed by atoms with Gasteiger partial charge in [-0.3, -0.25) is 4.79 Å². The van der Waals surface area contributed by atoms with Crippen molar-refractivity contribution in [3.05, 3.63) is 26.8 Å². The molecule has 5 heteroatoms. The molecule has 1 amide bonds. The smallest absolute Gasteiger partial charge is 0.225 e. The summed E-state index contributed by atoms with van der Waals surface area (Å²) in [5.41, 5.74) is 5.88. The Morgan fingerprint density at radius 3 is 2.86 bits per heavy atom. The minimum Gasteiger partial charge on any atom is -0.330 e. The van der Waals surface area contributed by atoms with Gasteiger partial charge in [-0.2, -0.15) is 0 Å². The zero-order valence-corrected chi connectivity index (χ0v) is 10.3. The quantitative estimate of drug-likeness (QED) is 0.838. The van der Waals surface area contributed by atoms with Gasteiger partial charge in [0, 0.05) is 16.5 Å². The van der Waals surface area contributed by atoms with E-state index in [1.165, 1.54) is 0 Å². The van der Waals surface area contributed by atoms with E-state index in [1.54, 1.807) is 12.1 Å². The Balaban J connectivity index is 2.72. The Morgan fingerprint density at radius 2 is 2.29 bits per heavy atom. The number of hydrogen-bond acceptors (Lipinski definition) is 2. The van der Waals surface area contributed by atoms with E-state index in [1.807, 2.05) is 6.07 Å². The molecule has 0 atom stereocenters. The van der Waals surface area contributed by atoms with Crippen molar-refractivity contribution in [1.82, 2.24) is 0 Å². The Labute approximate surface area is 101 Å². The van der Waals surface area contributed by atoms with E-state index in [0.717, 1.165) is 3.57 Å². The van der Waals surface area contributed by atoms with Gasteiger partial charge in [0.25, 0.3) is 0 Å². The molecule has 0 unspecified atom stereocenters. The maximum atomic E-state index is 11.2. The Bertz CT molecular complexity index is 344. The first kappa shape index (κ1) is 11.7. The van der Waals surface area contributed by atoms with Crippen LogP contribution in [0.3, 0.4) is 0 Å². The molecule has 0 aliphatic heterocycles. The van der Waals surface area contributed by atoms with Gasteiger partial charge in [-0.05, 0) is 40.8 Å². The molecule has 76 valence electrons. The summed E-state index contributed by atoms with van der Waals surface area (Å²) in [5.74, 6) is -0.115. The molecule has 0 saturated carbocycles. The lowest BCUT2D eigenvalue weighted by molar-refractivity contribution is -0.116. The van der Waals surface area contributed by atoms with Crippen LogP contribution < -0.4 is 11.1 Å². The van der Waals surface area contributed by atoms with Crippen LogP contribution in [0, 0.1) is 3.57 Å². The zero-order chi connectivity index (χ0) is 10.6. The lowest BCUT2D eigenvalue weighted by Crippen LogP contribution is -2.16. The van der Waals surface area contributed by atoms with Gasteiger partial charge in [0.2, 0.25) is 5.91 Å². The molecule has 3 N–H and O–H groups in total. The highest BCUT2D eigenvalue weighted by atomic mass is 127. The van der Waals surface area contributed by atoms with Crippen LogP contribution in [-0.4, -0.2) is 12.5 Å². The molecule has 0 aliphatic carbocycles. The first-order valence-corrected chi connectivity index (χ1v) is 5.54. The molecule has 0 aromatic heterocycles. The van der Waals surface area contributed by atoms with E-state index in [9.17, 15) is 4.79 Å². The largest absolute Gasteiger partial charge is 0.330 e. The van der Waals surface area contributed by atoms with Gasteiger partial charge in [-0.15, -0.1) is 0 Å². The number of carbonyl (C=O) groups excluding carboxylic acids is 1. The number of hydrogen-bond donors (Lipinski definition) is 2. The standard InChI is InChI=1S/C9H10ClIN2O/c10-7-5-6(11)1-2-8(7)13-9(14)3-4-12/h1-2,5H,3-4,12H2,(H,13,14). The lowest BCUT2D eigenvalue weighted by Gasteiger charge is -2.06. The van der Waals surface area contributed by atoms with E-state index in [-0.39, 0.29) is 5.91 Å². The molecule has 14 heavy (non-hydrogen) atoms. The summed E-state index contributed by atoms with van der Waals surface area (Å²) in [4.78, 5) is 11.2. The van der Waals surface area contributed by atoms with Crippen LogP contribution in [0.15, 0.2) is 18.2 Å². The minimum atomic E-state index is -0.115. The number of amides is 1. The van der Waals surface area contributed by atoms with Crippen LogP contribution in [0.5, 0.6) is 0 Å². The molecule has 1 rings (SSSR count). The molecule has 3 nitrogen and oxygen atoms in total. The Kier molecular flexibility index (Phi) is 4.64. The zero-order valence-electron chi connectivity index (χ0n) is 7.39. The number of nitrogens with two attached hydrogens (primary N) is 1. The number of halogens is 2. The molecule has 0 radical (unpaired) electrons. The van der Waals surface area contributed by atoms with E-state index in [4.69, 9.17) is 17.3 Å². The normalized spacial score (nSPS) is 9.93. The Hall–Kier alpha value is -0.330. The summed E-state index contributed by atoms with van der Waals surface area (Å²) < 4.78 is 1.03. The molecule has 0 heterocycles. The highest BCUT2D eigenvalue weighted by Gasteiger charge is 2.04. The molecule has 0 bridgehead atoms. The van der Waals surface area contributed by atoms with Gasteiger partial charge in [0.05, 0.1) is 10.7 Å². The average Bonchev–Trinajstić information content (AvgIpc) is 2.10. The van der Waals surface area contributed by atoms with E-state index in [2.05, 4.69) is 27.9 Å². The predicted octanol–water partition coefficient (Wildman–Crippen LogP) is 2.23. The Morgan fingerprint density at radius 1 is 1.57 bits per heavy atom. The SMILES string of the molecule is NCCC(=O)Nc1ccc(I)cc1Cl. The first-order valence-electron chi connectivity index (χ1n) is 4.08. The fourth-order valence-corrected chi connectivity index (χ4v) is 1.84. The molecule has 0 saturated heterocycles. The topological polar surface area (TPSA) is 55.1 Å². The summed E-state index contributed by atoms with van der Waals surface area (Å²) in [5, 5.41) is 3.23. The van der Waals surface area contributed by atoms with Crippen LogP contribution in [0.25, 0.3) is 0 Å². The number of benzene rings is 1. The second kappa shape index (κ2) is 5.53. The number of anilines is 1. The van der Waals surface area contributed by atoms with E-state index in [0.29, 0.717) is 23.7 Å². The second-order valence-electron chi connectivity index (χ2n) is 2.71. The third kappa shape index (κ3) is 3.43. The van der Waals surface area contributed by atoms with Gasteiger partial charge < -0.3 is 11.1 Å². The van der Waals surface area contributed by atoms with Crippen LogP contribution >= 0.6 is 34.2 Å². The molecule has 0 fully saturated rings. The molecule has 1 aromatic carbocycles. The average molecular weight is 325 g/mol. The predicted molar refractivity (Wildman–Crippen MR) is 66.5 cm³/mol. The van der Waals surface area contributed by atoms with Gasteiger partial charge in [-0.25, -0.2) is 0 Å². The summed E-state index contributed by atoms with van der Waals surface area (Å²) in [7, 11) is 0. The summed E-state index contributed by atoms with van der Waals surface area (Å²) in [6.07, 6.45) is 0.308. The van der Waals surface area contributed by atoms with Gasteiger partial charge >= 0.3 is 0 Å². The molecular weight excluding hydrogens is 314 g/mol. The van der Waals surface area contributed by atoms with Crippen molar-refractivity contribution in [2.45, 2.75) is 6.42 Å². The van der Waals surface area contributed by atoms with Crippen molar-refractivity contribution in [2.75, 3.05) is 11.9 Å². The maximum Gasteiger partial charge on any atom is 0.225 e. The van der Waals surface area contributed by atoms with Crippen molar-refractivity contribution in [2.24, 2.45) is 5.73 Å². The number of rotatable bonds is 3. The number of nitrogens with one attached hydrogen (secondary N) is 1. The molecule has 0 spiro atoms. The van der Waals surface area contributed by atoms with Crippen LogP contribution in [0.4, 0.5) is 5.69 Å². The lowest BCUT2D eigenvalue weighted by atomic mass is 10.3. The van der Waals surface area contributed by atoms with Crippen LogP contribution in [-0.2, 0) is 4.79 Å². The van der Waals surface area contributed by atoms with Crippen molar-refractivity contribution in [3.8, 4) is 0 Å². The van der Waals surface area contributed by atoms with Crippen molar-refractivity contribution in [3.63, 3.8) is 0 Å².